The van der Waals surface area contributed by atoms with Crippen LogP contribution in [0.5, 0.6) is 0 Å². The van der Waals surface area contributed by atoms with E-state index in [-0.39, 0.29) is 29.5 Å². The van der Waals surface area contributed by atoms with Crippen LogP contribution in [0, 0.1) is 0 Å². The zero-order chi connectivity index (χ0) is 14.8. The fourth-order valence-corrected chi connectivity index (χ4v) is 4.71. The summed E-state index contributed by atoms with van der Waals surface area (Å²) in [6.45, 7) is 0.975. The second kappa shape index (κ2) is 6.43. The molecule has 1 atom stereocenters. The Morgan fingerprint density at radius 3 is 2.40 bits per heavy atom. The molecule has 0 N–H and O–H groups in total. The number of amides is 1. The number of rotatable bonds is 2. The molecule has 2 aliphatic rings. The molecule has 0 aliphatic carbocycles. The molecule has 0 aromatic carbocycles. The smallest absolute Gasteiger partial charge is 0.239 e. The Bertz CT molecular complexity index is 435. The zero-order valence-corrected chi connectivity index (χ0v) is 13.4. The van der Waals surface area contributed by atoms with Crippen LogP contribution in [0.1, 0.15) is 38.5 Å². The monoisotopic (exact) mass is 302 g/mol. The average Bonchev–Trinajstić information content (AvgIpc) is 2.62. The highest BCUT2D eigenvalue weighted by Gasteiger charge is 2.33. The number of carbonyl (C=O) groups is 1. The van der Waals surface area contributed by atoms with Gasteiger partial charge in [-0.25, -0.2) is 8.42 Å². The summed E-state index contributed by atoms with van der Waals surface area (Å²) in [7, 11) is 0.993. The molecule has 1 amide bonds. The molecule has 2 saturated heterocycles. The van der Waals surface area contributed by atoms with Crippen LogP contribution in [0.3, 0.4) is 0 Å². The number of nitrogens with zero attached hydrogens (tertiary/aromatic N) is 2. The molecule has 116 valence electrons. The summed E-state index contributed by atoms with van der Waals surface area (Å²) in [5.41, 5.74) is 0. The molecule has 5 nitrogen and oxygen atoms in total. The lowest BCUT2D eigenvalue weighted by Gasteiger charge is -2.35. The number of hydrogen-bond donors (Lipinski definition) is 0. The Hall–Kier alpha value is -0.620. The zero-order valence-electron chi connectivity index (χ0n) is 12.5. The van der Waals surface area contributed by atoms with Gasteiger partial charge in [0, 0.05) is 13.1 Å². The molecule has 2 fully saturated rings. The third-order valence-corrected chi connectivity index (χ3v) is 6.44. The van der Waals surface area contributed by atoms with Crippen LogP contribution in [0.15, 0.2) is 0 Å². The van der Waals surface area contributed by atoms with Gasteiger partial charge in [0.25, 0.3) is 0 Å². The predicted octanol–water partition coefficient (Wildman–Crippen LogP) is 0.896. The normalized spacial score (nSPS) is 28.8. The largest absolute Gasteiger partial charge is 0.341 e. The second-order valence-electron chi connectivity index (χ2n) is 6.18. The van der Waals surface area contributed by atoms with Crippen LogP contribution in [-0.4, -0.2) is 68.4 Å². The van der Waals surface area contributed by atoms with Crippen molar-refractivity contribution in [2.24, 2.45) is 0 Å². The molecule has 0 aromatic rings. The van der Waals surface area contributed by atoms with Crippen molar-refractivity contribution < 1.29 is 13.2 Å². The molecule has 2 aliphatic heterocycles. The summed E-state index contributed by atoms with van der Waals surface area (Å²) in [6, 6.07) is 0.0590. The van der Waals surface area contributed by atoms with Gasteiger partial charge in [0.1, 0.15) is 9.84 Å². The van der Waals surface area contributed by atoms with E-state index in [0.717, 1.165) is 25.8 Å². The Labute approximate surface area is 122 Å². The molecule has 1 unspecified atom stereocenters. The van der Waals surface area contributed by atoms with E-state index in [9.17, 15) is 13.2 Å². The second-order valence-corrected chi connectivity index (χ2v) is 8.48. The van der Waals surface area contributed by atoms with E-state index in [1.165, 1.54) is 6.42 Å². The number of carbonyl (C=O) groups excluding carboxylic acids is 1. The van der Waals surface area contributed by atoms with Crippen LogP contribution in [0.4, 0.5) is 0 Å². The van der Waals surface area contributed by atoms with Gasteiger partial charge in [0.15, 0.2) is 0 Å². The van der Waals surface area contributed by atoms with Crippen molar-refractivity contribution >= 4 is 15.7 Å². The Morgan fingerprint density at radius 1 is 1.10 bits per heavy atom. The minimum atomic E-state index is -2.86. The van der Waals surface area contributed by atoms with Crippen molar-refractivity contribution in [3.63, 3.8) is 0 Å². The summed E-state index contributed by atoms with van der Waals surface area (Å²) in [4.78, 5) is 16.6. The first-order valence-electron chi connectivity index (χ1n) is 7.58. The summed E-state index contributed by atoms with van der Waals surface area (Å²) in [5, 5.41) is 0. The third kappa shape index (κ3) is 3.73. The first-order valence-corrected chi connectivity index (χ1v) is 9.40. The van der Waals surface area contributed by atoms with Gasteiger partial charge in [-0.1, -0.05) is 12.8 Å². The minimum absolute atomic E-state index is 0.0268. The number of likely N-dealkylation sites (N-methyl/N-ethyl adjacent to an activating group) is 2. The SMILES string of the molecule is CN1CCCCCC1C(=O)N(C)C1CCS(=O)(=O)CC1. The molecule has 6 heteroatoms. The summed E-state index contributed by atoms with van der Waals surface area (Å²) in [6.07, 6.45) is 5.55. The first kappa shape index (κ1) is 15.8. The van der Waals surface area contributed by atoms with Gasteiger partial charge in [-0.05, 0) is 39.3 Å². The van der Waals surface area contributed by atoms with E-state index in [0.29, 0.717) is 12.8 Å². The van der Waals surface area contributed by atoms with E-state index in [2.05, 4.69) is 4.90 Å². The van der Waals surface area contributed by atoms with Gasteiger partial charge < -0.3 is 4.90 Å². The summed E-state index contributed by atoms with van der Waals surface area (Å²) in [5.74, 6) is 0.602. The molecule has 0 bridgehead atoms. The number of hydrogen-bond acceptors (Lipinski definition) is 4. The van der Waals surface area contributed by atoms with Crippen molar-refractivity contribution in [2.75, 3.05) is 32.1 Å². The maximum absolute atomic E-state index is 12.7. The Morgan fingerprint density at radius 2 is 1.75 bits per heavy atom. The Kier molecular flexibility index (Phi) is 5.07. The Balaban J connectivity index is 1.97. The lowest BCUT2D eigenvalue weighted by Crippen LogP contribution is -2.50. The van der Waals surface area contributed by atoms with Gasteiger partial charge in [-0.2, -0.15) is 0 Å². The topological polar surface area (TPSA) is 57.7 Å². The van der Waals surface area contributed by atoms with Gasteiger partial charge >= 0.3 is 0 Å². The quantitative estimate of drug-likeness (QED) is 0.760. The molecular formula is C14H26N2O3S. The van der Waals surface area contributed by atoms with Crippen LogP contribution < -0.4 is 0 Å². The van der Waals surface area contributed by atoms with Gasteiger partial charge in [-0.15, -0.1) is 0 Å². The fourth-order valence-electron chi connectivity index (χ4n) is 3.24. The van der Waals surface area contributed by atoms with Crippen LogP contribution in [-0.2, 0) is 14.6 Å². The van der Waals surface area contributed by atoms with Crippen molar-refractivity contribution in [1.29, 1.82) is 0 Å². The van der Waals surface area contributed by atoms with E-state index < -0.39 is 9.84 Å². The van der Waals surface area contributed by atoms with Gasteiger partial charge in [-0.3, -0.25) is 9.69 Å². The highest BCUT2D eigenvalue weighted by atomic mass is 32.2. The fraction of sp³-hybridized carbons (Fsp3) is 0.929. The number of likely N-dealkylation sites (tertiary alicyclic amines) is 1. The van der Waals surface area contributed by atoms with Crippen molar-refractivity contribution in [3.8, 4) is 0 Å². The summed E-state index contributed by atoms with van der Waals surface area (Å²) < 4.78 is 23.0. The minimum Gasteiger partial charge on any atom is -0.341 e. The lowest BCUT2D eigenvalue weighted by atomic mass is 10.1. The van der Waals surface area contributed by atoms with E-state index >= 15 is 0 Å². The average molecular weight is 302 g/mol. The molecule has 0 saturated carbocycles. The molecule has 0 radical (unpaired) electrons. The third-order valence-electron chi connectivity index (χ3n) is 4.73. The van der Waals surface area contributed by atoms with Crippen molar-refractivity contribution in [3.05, 3.63) is 0 Å². The first-order chi connectivity index (χ1) is 9.41. The predicted molar refractivity (Wildman–Crippen MR) is 79.3 cm³/mol. The van der Waals surface area contributed by atoms with Gasteiger partial charge in [0.05, 0.1) is 17.5 Å². The summed E-state index contributed by atoms with van der Waals surface area (Å²) >= 11 is 0. The van der Waals surface area contributed by atoms with E-state index in [1.807, 2.05) is 14.1 Å². The van der Waals surface area contributed by atoms with Crippen molar-refractivity contribution in [2.45, 2.75) is 50.6 Å². The molecule has 2 rings (SSSR count). The van der Waals surface area contributed by atoms with Crippen molar-refractivity contribution in [1.82, 2.24) is 9.80 Å². The van der Waals surface area contributed by atoms with Gasteiger partial charge in [0.2, 0.25) is 5.91 Å². The highest BCUT2D eigenvalue weighted by molar-refractivity contribution is 7.91. The molecular weight excluding hydrogens is 276 g/mol. The van der Waals surface area contributed by atoms with Crippen LogP contribution in [0.2, 0.25) is 0 Å². The highest BCUT2D eigenvalue weighted by Crippen LogP contribution is 2.21. The van der Waals surface area contributed by atoms with Crippen LogP contribution >= 0.6 is 0 Å². The molecule has 20 heavy (non-hydrogen) atoms. The van der Waals surface area contributed by atoms with E-state index in [4.69, 9.17) is 0 Å². The maximum atomic E-state index is 12.7. The maximum Gasteiger partial charge on any atom is 0.239 e. The molecule has 2 heterocycles. The lowest BCUT2D eigenvalue weighted by molar-refractivity contribution is -0.137. The van der Waals surface area contributed by atoms with E-state index in [1.54, 1.807) is 4.90 Å². The molecule has 0 spiro atoms. The standard InChI is InChI=1S/C14H26N2O3S/c1-15-9-5-3-4-6-13(15)14(17)16(2)12-7-10-20(18,19)11-8-12/h12-13H,3-11H2,1-2H3. The number of sulfone groups is 1. The molecule has 0 aromatic heterocycles. The van der Waals surface area contributed by atoms with Crippen LogP contribution in [0.25, 0.3) is 0 Å².